The lowest BCUT2D eigenvalue weighted by atomic mass is 10.1. The largest absolute Gasteiger partial charge is 0.497 e. The van der Waals surface area contributed by atoms with Gasteiger partial charge < -0.3 is 25.4 Å². The van der Waals surface area contributed by atoms with Crippen LogP contribution in [0.4, 0.5) is 17.1 Å². The summed E-state index contributed by atoms with van der Waals surface area (Å²) in [7, 11) is 3.06. The van der Waals surface area contributed by atoms with Gasteiger partial charge in [-0.1, -0.05) is 36.4 Å². The maximum Gasteiger partial charge on any atom is 0.257 e. The summed E-state index contributed by atoms with van der Waals surface area (Å²) in [5.74, 6) is -0.132. The number of amides is 3. The van der Waals surface area contributed by atoms with Crippen molar-refractivity contribution in [2.24, 2.45) is 0 Å². The maximum atomic E-state index is 13.2. The van der Waals surface area contributed by atoms with Gasteiger partial charge in [0.25, 0.3) is 17.7 Å². The molecule has 0 aliphatic heterocycles. The molecule has 0 spiro atoms. The second-order valence-corrected chi connectivity index (χ2v) is 7.88. The molecule has 0 fully saturated rings. The standard InChI is InChI=1S/C29H25N3O5/c1-36-20-17-15-19(16-18-20)27(33)30-23-11-5-3-9-21(23)28(34)31-24-12-6-4-10-22(24)29(35)32-25-13-7-8-14-26(25)37-2/h3-18H,1-2H3,(H,30,33)(H,31,34)(H,32,35). The summed E-state index contributed by atoms with van der Waals surface area (Å²) >= 11 is 0. The third-order valence-electron chi connectivity index (χ3n) is 5.55. The molecule has 0 saturated heterocycles. The van der Waals surface area contributed by atoms with Crippen LogP contribution in [0.25, 0.3) is 0 Å². The molecule has 0 unspecified atom stereocenters. The van der Waals surface area contributed by atoms with Crippen molar-refractivity contribution in [3.05, 3.63) is 114 Å². The molecular formula is C29H25N3O5. The third kappa shape index (κ3) is 5.94. The molecule has 4 aromatic carbocycles. The summed E-state index contributed by atoms with van der Waals surface area (Å²) in [5.41, 5.74) is 2.07. The van der Waals surface area contributed by atoms with Crippen LogP contribution in [0.1, 0.15) is 31.1 Å². The molecule has 3 N–H and O–H groups in total. The molecule has 0 saturated carbocycles. The summed E-state index contributed by atoms with van der Waals surface area (Å²) in [6.45, 7) is 0. The zero-order valence-corrected chi connectivity index (χ0v) is 20.3. The van der Waals surface area contributed by atoms with Crippen LogP contribution in [0.15, 0.2) is 97.1 Å². The van der Waals surface area contributed by atoms with Crippen LogP contribution >= 0.6 is 0 Å². The van der Waals surface area contributed by atoms with E-state index >= 15 is 0 Å². The van der Waals surface area contributed by atoms with Crippen LogP contribution in [0.2, 0.25) is 0 Å². The van der Waals surface area contributed by atoms with Crippen molar-refractivity contribution < 1.29 is 23.9 Å². The fourth-order valence-corrected chi connectivity index (χ4v) is 3.64. The Labute approximate surface area is 214 Å². The first-order valence-corrected chi connectivity index (χ1v) is 11.4. The molecule has 0 aliphatic carbocycles. The number of carbonyl (C=O) groups excluding carboxylic acids is 3. The number of methoxy groups -OCH3 is 2. The van der Waals surface area contributed by atoms with Gasteiger partial charge >= 0.3 is 0 Å². The van der Waals surface area contributed by atoms with E-state index in [9.17, 15) is 14.4 Å². The molecule has 8 nitrogen and oxygen atoms in total. The van der Waals surface area contributed by atoms with Crippen molar-refractivity contribution in [1.82, 2.24) is 0 Å². The average Bonchev–Trinajstić information content (AvgIpc) is 2.94. The number of anilines is 3. The molecule has 8 heteroatoms. The van der Waals surface area contributed by atoms with Gasteiger partial charge in [-0.15, -0.1) is 0 Å². The van der Waals surface area contributed by atoms with Gasteiger partial charge in [0.2, 0.25) is 0 Å². The van der Waals surface area contributed by atoms with Crippen molar-refractivity contribution >= 4 is 34.8 Å². The quantitative estimate of drug-likeness (QED) is 0.301. The highest BCUT2D eigenvalue weighted by atomic mass is 16.5. The molecule has 186 valence electrons. The van der Waals surface area contributed by atoms with Crippen molar-refractivity contribution in [2.75, 3.05) is 30.2 Å². The number of rotatable bonds is 8. The Kier molecular flexibility index (Phi) is 7.80. The Balaban J connectivity index is 1.53. The lowest BCUT2D eigenvalue weighted by Gasteiger charge is -2.15. The SMILES string of the molecule is COc1ccc(C(=O)Nc2ccccc2C(=O)Nc2ccccc2C(=O)Nc2ccccc2OC)cc1. The minimum absolute atomic E-state index is 0.240. The van der Waals surface area contributed by atoms with Crippen LogP contribution in [0.5, 0.6) is 11.5 Å². The van der Waals surface area contributed by atoms with Gasteiger partial charge in [0.15, 0.2) is 0 Å². The first-order valence-electron chi connectivity index (χ1n) is 11.4. The first kappa shape index (κ1) is 25.0. The van der Waals surface area contributed by atoms with Crippen molar-refractivity contribution in [3.63, 3.8) is 0 Å². The van der Waals surface area contributed by atoms with E-state index in [4.69, 9.17) is 9.47 Å². The normalized spacial score (nSPS) is 10.2. The van der Waals surface area contributed by atoms with Gasteiger partial charge in [-0.3, -0.25) is 14.4 Å². The van der Waals surface area contributed by atoms with Gasteiger partial charge in [-0.05, 0) is 60.7 Å². The Morgan fingerprint density at radius 2 is 0.973 bits per heavy atom. The summed E-state index contributed by atoms with van der Waals surface area (Å²) < 4.78 is 10.4. The van der Waals surface area contributed by atoms with Gasteiger partial charge in [-0.25, -0.2) is 0 Å². The minimum atomic E-state index is -0.483. The van der Waals surface area contributed by atoms with Gasteiger partial charge in [0, 0.05) is 5.56 Å². The molecule has 4 aromatic rings. The Morgan fingerprint density at radius 3 is 1.51 bits per heavy atom. The number of nitrogens with one attached hydrogen (secondary N) is 3. The molecular weight excluding hydrogens is 470 g/mol. The minimum Gasteiger partial charge on any atom is -0.497 e. The van der Waals surface area contributed by atoms with E-state index in [0.717, 1.165) is 0 Å². The topological polar surface area (TPSA) is 106 Å². The molecule has 3 amide bonds. The predicted octanol–water partition coefficient (Wildman–Crippen LogP) is 5.46. The highest BCUT2D eigenvalue weighted by Gasteiger charge is 2.18. The zero-order valence-electron chi connectivity index (χ0n) is 20.3. The summed E-state index contributed by atoms with van der Waals surface area (Å²) in [4.78, 5) is 39.1. The first-order chi connectivity index (χ1) is 18.0. The van der Waals surface area contributed by atoms with E-state index < -0.39 is 11.8 Å². The number of hydrogen-bond acceptors (Lipinski definition) is 5. The highest BCUT2D eigenvalue weighted by molar-refractivity contribution is 6.15. The van der Waals surface area contributed by atoms with E-state index in [-0.39, 0.29) is 17.0 Å². The molecule has 0 radical (unpaired) electrons. The van der Waals surface area contributed by atoms with Crippen LogP contribution in [0.3, 0.4) is 0 Å². The third-order valence-corrected chi connectivity index (χ3v) is 5.55. The predicted molar refractivity (Wildman–Crippen MR) is 143 cm³/mol. The van der Waals surface area contributed by atoms with E-state index in [1.165, 1.54) is 7.11 Å². The highest BCUT2D eigenvalue weighted by Crippen LogP contribution is 2.26. The molecule has 0 aromatic heterocycles. The molecule has 0 heterocycles. The smallest absolute Gasteiger partial charge is 0.257 e. The lowest BCUT2D eigenvalue weighted by Crippen LogP contribution is -2.20. The van der Waals surface area contributed by atoms with Gasteiger partial charge in [-0.2, -0.15) is 0 Å². The number of hydrogen-bond donors (Lipinski definition) is 3. The van der Waals surface area contributed by atoms with Gasteiger partial charge in [0.05, 0.1) is 42.4 Å². The van der Waals surface area contributed by atoms with Crippen molar-refractivity contribution in [1.29, 1.82) is 0 Å². The second kappa shape index (κ2) is 11.5. The molecule has 0 atom stereocenters. The molecule has 0 aliphatic rings. The van der Waals surface area contributed by atoms with Crippen LogP contribution in [0, 0.1) is 0 Å². The van der Waals surface area contributed by atoms with Crippen LogP contribution in [-0.2, 0) is 0 Å². The van der Waals surface area contributed by atoms with Crippen molar-refractivity contribution in [2.45, 2.75) is 0 Å². The van der Waals surface area contributed by atoms with Gasteiger partial charge in [0.1, 0.15) is 11.5 Å². The summed E-state index contributed by atoms with van der Waals surface area (Å²) in [6, 6.07) is 27.0. The van der Waals surface area contributed by atoms with E-state index in [1.54, 1.807) is 104 Å². The molecule has 37 heavy (non-hydrogen) atoms. The maximum absolute atomic E-state index is 13.2. The van der Waals surface area contributed by atoms with Crippen molar-refractivity contribution in [3.8, 4) is 11.5 Å². The van der Waals surface area contributed by atoms with Crippen LogP contribution < -0.4 is 25.4 Å². The average molecular weight is 496 g/mol. The summed E-state index contributed by atoms with van der Waals surface area (Å²) in [6.07, 6.45) is 0. The Bertz CT molecular complexity index is 1430. The monoisotopic (exact) mass is 495 g/mol. The fourth-order valence-electron chi connectivity index (χ4n) is 3.64. The number of para-hydroxylation sites is 4. The molecule has 4 rings (SSSR count). The zero-order chi connectivity index (χ0) is 26.2. The Hall–Kier alpha value is -5.11. The number of carbonyl (C=O) groups is 3. The van der Waals surface area contributed by atoms with Crippen LogP contribution in [-0.4, -0.2) is 31.9 Å². The number of benzene rings is 4. The summed E-state index contributed by atoms with van der Waals surface area (Å²) in [5, 5.41) is 8.39. The van der Waals surface area contributed by atoms with E-state index in [2.05, 4.69) is 16.0 Å². The Morgan fingerprint density at radius 1 is 0.514 bits per heavy atom. The lowest BCUT2D eigenvalue weighted by molar-refractivity contribution is 0.101. The molecule has 0 bridgehead atoms. The fraction of sp³-hybridized carbons (Fsp3) is 0.0690. The van der Waals surface area contributed by atoms with E-state index in [0.29, 0.717) is 34.1 Å². The van der Waals surface area contributed by atoms with E-state index in [1.807, 2.05) is 0 Å². The second-order valence-electron chi connectivity index (χ2n) is 7.88. The number of ether oxygens (including phenoxy) is 2.